The number of thioether (sulfide) groups is 1. The molecule has 1 aliphatic heterocycles. The van der Waals surface area contributed by atoms with Crippen LogP contribution in [0.25, 0.3) is 0 Å². The highest BCUT2D eigenvalue weighted by Gasteiger charge is 2.19. The summed E-state index contributed by atoms with van der Waals surface area (Å²) in [5, 5.41) is 2.92. The lowest BCUT2D eigenvalue weighted by atomic mass is 10.1. The molecule has 0 radical (unpaired) electrons. The van der Waals surface area contributed by atoms with Crippen LogP contribution in [0.3, 0.4) is 0 Å². The zero-order valence-corrected chi connectivity index (χ0v) is 16.2. The van der Waals surface area contributed by atoms with Gasteiger partial charge < -0.3 is 10.2 Å². The van der Waals surface area contributed by atoms with Gasteiger partial charge in [-0.15, -0.1) is 11.8 Å². The van der Waals surface area contributed by atoms with Crippen molar-refractivity contribution in [2.75, 3.05) is 24.2 Å². The molecule has 1 fully saturated rings. The quantitative estimate of drug-likeness (QED) is 0.793. The molecule has 1 saturated heterocycles. The zero-order chi connectivity index (χ0) is 18.6. The van der Waals surface area contributed by atoms with Crippen molar-refractivity contribution in [2.45, 2.75) is 37.0 Å². The van der Waals surface area contributed by atoms with Gasteiger partial charge in [-0.05, 0) is 79.6 Å². The van der Waals surface area contributed by atoms with Crippen molar-refractivity contribution in [1.29, 1.82) is 0 Å². The van der Waals surface area contributed by atoms with Crippen molar-refractivity contribution < 1.29 is 9.59 Å². The molecular weight excluding hydrogens is 356 g/mol. The van der Waals surface area contributed by atoms with Gasteiger partial charge in [0.15, 0.2) is 0 Å². The van der Waals surface area contributed by atoms with Crippen molar-refractivity contribution in [3.8, 4) is 0 Å². The normalized spacial score (nSPS) is 15.6. The standard InChI is InChI=1S/C22H24N2O2S/c25-21(15-27-20-11-8-16-4-3-5-18(16)14-20)23-19-9-6-17(7-10-19)22(26)24-12-1-2-13-24/h6-11,14H,1-5,12-13,15H2,(H,23,25). The van der Waals surface area contributed by atoms with Crippen LogP contribution >= 0.6 is 11.8 Å². The minimum Gasteiger partial charge on any atom is -0.339 e. The van der Waals surface area contributed by atoms with Gasteiger partial charge in [-0.25, -0.2) is 0 Å². The number of nitrogens with one attached hydrogen (secondary N) is 1. The largest absolute Gasteiger partial charge is 0.339 e. The van der Waals surface area contributed by atoms with Crippen molar-refractivity contribution in [2.24, 2.45) is 0 Å². The number of likely N-dealkylation sites (tertiary alicyclic amines) is 1. The van der Waals surface area contributed by atoms with Gasteiger partial charge in [0.25, 0.3) is 5.91 Å². The lowest BCUT2D eigenvalue weighted by Crippen LogP contribution is -2.27. The van der Waals surface area contributed by atoms with Gasteiger partial charge in [0.1, 0.15) is 0 Å². The predicted molar refractivity (Wildman–Crippen MR) is 109 cm³/mol. The number of benzene rings is 2. The Kier molecular flexibility index (Phi) is 5.48. The molecule has 0 aromatic heterocycles. The van der Waals surface area contributed by atoms with Crippen molar-refractivity contribution in [3.63, 3.8) is 0 Å². The molecule has 1 heterocycles. The van der Waals surface area contributed by atoms with Gasteiger partial charge in [0.2, 0.25) is 5.91 Å². The highest BCUT2D eigenvalue weighted by atomic mass is 32.2. The van der Waals surface area contributed by atoms with E-state index in [1.165, 1.54) is 24.0 Å². The van der Waals surface area contributed by atoms with Crippen LogP contribution in [0.5, 0.6) is 0 Å². The van der Waals surface area contributed by atoms with Crippen LogP contribution in [0, 0.1) is 0 Å². The molecule has 2 aromatic rings. The van der Waals surface area contributed by atoms with E-state index in [4.69, 9.17) is 0 Å². The summed E-state index contributed by atoms with van der Waals surface area (Å²) in [6, 6.07) is 13.7. The first-order valence-electron chi connectivity index (χ1n) is 9.63. The molecule has 0 spiro atoms. The highest BCUT2D eigenvalue weighted by Crippen LogP contribution is 2.27. The number of nitrogens with zero attached hydrogens (tertiary/aromatic N) is 1. The smallest absolute Gasteiger partial charge is 0.253 e. The third kappa shape index (κ3) is 4.35. The van der Waals surface area contributed by atoms with Gasteiger partial charge >= 0.3 is 0 Å². The average molecular weight is 381 g/mol. The second kappa shape index (κ2) is 8.17. The number of hydrogen-bond acceptors (Lipinski definition) is 3. The van der Waals surface area contributed by atoms with Crippen molar-refractivity contribution in [3.05, 3.63) is 59.2 Å². The molecule has 2 aromatic carbocycles. The van der Waals surface area contributed by atoms with Gasteiger partial charge in [-0.1, -0.05) is 6.07 Å². The third-order valence-corrected chi connectivity index (χ3v) is 6.24. The van der Waals surface area contributed by atoms with Crippen LogP contribution in [0.2, 0.25) is 0 Å². The van der Waals surface area contributed by atoms with Crippen LogP contribution in [-0.4, -0.2) is 35.6 Å². The number of hydrogen-bond donors (Lipinski definition) is 1. The van der Waals surface area contributed by atoms with E-state index >= 15 is 0 Å². The van der Waals surface area contributed by atoms with Gasteiger partial charge in [-0.3, -0.25) is 9.59 Å². The Hall–Kier alpha value is -2.27. The first-order valence-corrected chi connectivity index (χ1v) is 10.6. The summed E-state index contributed by atoms with van der Waals surface area (Å²) in [4.78, 5) is 27.6. The summed E-state index contributed by atoms with van der Waals surface area (Å²) >= 11 is 1.57. The predicted octanol–water partition coefficient (Wildman–Crippen LogP) is 4.14. The summed E-state index contributed by atoms with van der Waals surface area (Å²) in [6.07, 6.45) is 5.74. The topological polar surface area (TPSA) is 49.4 Å². The maximum absolute atomic E-state index is 12.4. The summed E-state index contributed by atoms with van der Waals surface area (Å²) in [5.41, 5.74) is 4.29. The first kappa shape index (κ1) is 18.1. The van der Waals surface area contributed by atoms with Crippen molar-refractivity contribution >= 4 is 29.3 Å². The molecule has 1 N–H and O–H groups in total. The molecule has 5 heteroatoms. The number of anilines is 1. The number of rotatable bonds is 5. The lowest BCUT2D eigenvalue weighted by molar-refractivity contribution is -0.113. The summed E-state index contributed by atoms with van der Waals surface area (Å²) in [7, 11) is 0. The third-order valence-electron chi connectivity index (χ3n) is 5.25. The maximum Gasteiger partial charge on any atom is 0.253 e. The van der Waals surface area contributed by atoms with E-state index in [2.05, 4.69) is 23.5 Å². The fraction of sp³-hybridized carbons (Fsp3) is 0.364. The fourth-order valence-electron chi connectivity index (χ4n) is 3.78. The van der Waals surface area contributed by atoms with E-state index in [1.54, 1.807) is 36.0 Å². The molecule has 2 aliphatic rings. The lowest BCUT2D eigenvalue weighted by Gasteiger charge is -2.15. The second-order valence-electron chi connectivity index (χ2n) is 7.20. The minimum absolute atomic E-state index is 0.0286. The van der Waals surface area contributed by atoms with Crippen LogP contribution in [0.1, 0.15) is 40.7 Å². The first-order chi connectivity index (χ1) is 13.2. The van der Waals surface area contributed by atoms with Crippen LogP contribution in [0.15, 0.2) is 47.4 Å². The Labute approximate surface area is 164 Å². The van der Waals surface area contributed by atoms with Gasteiger partial charge in [0, 0.05) is 29.2 Å². The monoisotopic (exact) mass is 380 g/mol. The molecule has 4 nitrogen and oxygen atoms in total. The number of aryl methyl sites for hydroxylation is 2. The molecule has 0 saturated carbocycles. The second-order valence-corrected chi connectivity index (χ2v) is 8.25. The van der Waals surface area contributed by atoms with E-state index in [1.807, 2.05) is 4.90 Å². The molecule has 27 heavy (non-hydrogen) atoms. The Morgan fingerprint density at radius 1 is 0.926 bits per heavy atom. The molecule has 1 aliphatic carbocycles. The number of carbonyl (C=O) groups is 2. The van der Waals surface area contributed by atoms with Crippen LogP contribution in [-0.2, 0) is 17.6 Å². The Morgan fingerprint density at radius 3 is 2.44 bits per heavy atom. The van der Waals surface area contributed by atoms with E-state index in [-0.39, 0.29) is 11.8 Å². The molecule has 0 unspecified atom stereocenters. The summed E-state index contributed by atoms with van der Waals surface area (Å²) < 4.78 is 0. The summed E-state index contributed by atoms with van der Waals surface area (Å²) in [5.74, 6) is 0.435. The van der Waals surface area contributed by atoms with E-state index in [9.17, 15) is 9.59 Å². The Morgan fingerprint density at radius 2 is 1.67 bits per heavy atom. The average Bonchev–Trinajstić information content (AvgIpc) is 3.38. The molecule has 140 valence electrons. The van der Waals surface area contributed by atoms with Crippen molar-refractivity contribution in [1.82, 2.24) is 4.90 Å². The Balaban J connectivity index is 1.29. The Bertz CT molecular complexity index is 842. The minimum atomic E-state index is -0.0286. The molecular formula is C22H24N2O2S. The van der Waals surface area contributed by atoms with E-state index < -0.39 is 0 Å². The van der Waals surface area contributed by atoms with E-state index in [0.717, 1.165) is 42.9 Å². The SMILES string of the molecule is O=C(CSc1ccc2c(c1)CCC2)Nc1ccc(C(=O)N2CCCC2)cc1. The number of amides is 2. The number of carbonyl (C=O) groups excluding carboxylic acids is 2. The molecule has 0 atom stereocenters. The fourth-order valence-corrected chi connectivity index (χ4v) is 4.54. The van der Waals surface area contributed by atoms with Crippen LogP contribution < -0.4 is 5.32 Å². The highest BCUT2D eigenvalue weighted by molar-refractivity contribution is 8.00. The molecule has 2 amide bonds. The maximum atomic E-state index is 12.4. The molecule has 4 rings (SSSR count). The summed E-state index contributed by atoms with van der Waals surface area (Å²) in [6.45, 7) is 1.69. The zero-order valence-electron chi connectivity index (χ0n) is 15.4. The van der Waals surface area contributed by atoms with Gasteiger partial charge in [0.05, 0.1) is 5.75 Å². The van der Waals surface area contributed by atoms with Crippen LogP contribution in [0.4, 0.5) is 5.69 Å². The number of fused-ring (bicyclic) bond motifs is 1. The molecule has 0 bridgehead atoms. The van der Waals surface area contributed by atoms with Gasteiger partial charge in [-0.2, -0.15) is 0 Å². The van der Waals surface area contributed by atoms with E-state index in [0.29, 0.717) is 11.3 Å².